The van der Waals surface area contributed by atoms with Gasteiger partial charge in [-0.15, -0.1) is 5.10 Å². The first kappa shape index (κ1) is 19.7. The van der Waals surface area contributed by atoms with Gasteiger partial charge in [0.2, 0.25) is 5.90 Å². The Labute approximate surface area is 184 Å². The molecule has 0 bridgehead atoms. The average molecular weight is 438 g/mol. The number of nitrogens with zero attached hydrogens (tertiary/aromatic N) is 3. The topological polar surface area (TPSA) is 97.2 Å². The molecule has 3 aliphatic rings. The summed E-state index contributed by atoms with van der Waals surface area (Å²) in [5.41, 5.74) is 5.79. The number of amides is 1. The van der Waals surface area contributed by atoms with E-state index in [1.54, 1.807) is 24.4 Å². The predicted molar refractivity (Wildman–Crippen MR) is 116 cm³/mol. The van der Waals surface area contributed by atoms with E-state index >= 15 is 0 Å². The van der Waals surface area contributed by atoms with Crippen molar-refractivity contribution < 1.29 is 14.3 Å². The molecule has 1 unspecified atom stereocenters. The van der Waals surface area contributed by atoms with Crippen LogP contribution in [0.5, 0.6) is 0 Å². The molecule has 1 amide bonds. The van der Waals surface area contributed by atoms with E-state index in [2.05, 4.69) is 25.8 Å². The first-order valence-electron chi connectivity index (χ1n) is 10.0. The van der Waals surface area contributed by atoms with Crippen LogP contribution in [0.3, 0.4) is 0 Å². The van der Waals surface area contributed by atoms with Crippen molar-refractivity contribution in [2.75, 3.05) is 6.61 Å². The molecule has 31 heavy (non-hydrogen) atoms. The first-order chi connectivity index (χ1) is 15.2. The zero-order chi connectivity index (χ0) is 21.2. The summed E-state index contributed by atoms with van der Waals surface area (Å²) in [5, 5.41) is 7.90. The molecular weight excluding hydrogens is 418 g/mol. The lowest BCUT2D eigenvalue weighted by Crippen LogP contribution is -2.39. The Kier molecular flexibility index (Phi) is 5.40. The Bertz CT molecular complexity index is 1090. The third-order valence-electron chi connectivity index (χ3n) is 5.04. The molecule has 2 N–H and O–H groups in total. The second-order valence-electron chi connectivity index (χ2n) is 7.46. The van der Waals surface area contributed by atoms with Gasteiger partial charge in [0.15, 0.2) is 11.9 Å². The maximum Gasteiger partial charge on any atom is 0.270 e. The molecule has 0 saturated heterocycles. The van der Waals surface area contributed by atoms with Crippen LogP contribution in [-0.2, 0) is 16.1 Å². The number of fused-ring (bicyclic) bond motifs is 1. The summed E-state index contributed by atoms with van der Waals surface area (Å²) >= 11 is 5.94. The molecule has 0 spiro atoms. The van der Waals surface area contributed by atoms with Crippen molar-refractivity contribution in [1.82, 2.24) is 15.7 Å². The van der Waals surface area contributed by atoms with Gasteiger partial charge in [-0.05, 0) is 60.9 Å². The molecule has 1 aliphatic carbocycles. The summed E-state index contributed by atoms with van der Waals surface area (Å²) in [6, 6.07) is 11.1. The van der Waals surface area contributed by atoms with Crippen molar-refractivity contribution in [3.63, 3.8) is 0 Å². The van der Waals surface area contributed by atoms with E-state index in [4.69, 9.17) is 21.1 Å². The molecule has 158 valence electrons. The third kappa shape index (κ3) is 4.60. The van der Waals surface area contributed by atoms with Crippen LogP contribution in [0.2, 0.25) is 5.02 Å². The Morgan fingerprint density at radius 1 is 1.29 bits per heavy atom. The van der Waals surface area contributed by atoms with Gasteiger partial charge < -0.3 is 14.8 Å². The van der Waals surface area contributed by atoms with Crippen LogP contribution in [0.4, 0.5) is 5.69 Å². The minimum absolute atomic E-state index is 0.159. The van der Waals surface area contributed by atoms with Crippen molar-refractivity contribution in [1.29, 1.82) is 0 Å². The van der Waals surface area contributed by atoms with Gasteiger partial charge in [-0.2, -0.15) is 0 Å². The minimum Gasteiger partial charge on any atom is -0.473 e. The number of hydrazone groups is 1. The largest absolute Gasteiger partial charge is 0.473 e. The van der Waals surface area contributed by atoms with Gasteiger partial charge in [0.05, 0.1) is 12.3 Å². The second-order valence-corrected chi connectivity index (χ2v) is 7.89. The van der Waals surface area contributed by atoms with Crippen molar-refractivity contribution in [3.8, 4) is 0 Å². The van der Waals surface area contributed by atoms with Gasteiger partial charge in [-0.3, -0.25) is 15.2 Å². The van der Waals surface area contributed by atoms with E-state index in [-0.39, 0.29) is 18.6 Å². The van der Waals surface area contributed by atoms with E-state index in [0.29, 0.717) is 29.1 Å². The number of benzene rings is 1. The minimum atomic E-state index is -0.424. The lowest BCUT2D eigenvalue weighted by Gasteiger charge is -2.23. The highest BCUT2D eigenvalue weighted by molar-refractivity contribution is 6.30. The number of ether oxygens (including phenoxy) is 2. The van der Waals surface area contributed by atoms with Crippen LogP contribution in [-0.4, -0.2) is 41.4 Å². The Hall–Kier alpha value is -3.23. The van der Waals surface area contributed by atoms with Gasteiger partial charge in [0.1, 0.15) is 12.3 Å². The lowest BCUT2D eigenvalue weighted by molar-refractivity contribution is 0.0945. The fourth-order valence-corrected chi connectivity index (χ4v) is 3.39. The molecule has 1 fully saturated rings. The normalized spacial score (nSPS) is 21.1. The summed E-state index contributed by atoms with van der Waals surface area (Å²) in [6.45, 7) is 0.688. The quantitative estimate of drug-likeness (QED) is 0.749. The van der Waals surface area contributed by atoms with E-state index in [1.165, 1.54) is 0 Å². The highest BCUT2D eigenvalue weighted by Gasteiger charge is 2.34. The number of rotatable bonds is 5. The van der Waals surface area contributed by atoms with Crippen molar-refractivity contribution >= 4 is 34.9 Å². The molecule has 1 saturated carbocycles. The number of hydrogen-bond acceptors (Lipinski definition) is 6. The van der Waals surface area contributed by atoms with Crippen LogP contribution in [0.1, 0.15) is 28.9 Å². The highest BCUT2D eigenvalue weighted by atomic mass is 35.5. The Morgan fingerprint density at radius 3 is 2.94 bits per heavy atom. The van der Waals surface area contributed by atoms with Gasteiger partial charge in [0, 0.05) is 22.8 Å². The summed E-state index contributed by atoms with van der Waals surface area (Å²) in [7, 11) is 0. The number of amidine groups is 1. The van der Waals surface area contributed by atoms with Crippen LogP contribution in [0.15, 0.2) is 64.3 Å². The Morgan fingerprint density at radius 2 is 2.13 bits per heavy atom. The number of carbonyl (C=O) groups excluding carboxylic acids is 1. The molecule has 1 aromatic heterocycles. The van der Waals surface area contributed by atoms with E-state index in [0.717, 1.165) is 29.7 Å². The van der Waals surface area contributed by atoms with Crippen molar-refractivity contribution in [3.05, 3.63) is 70.5 Å². The number of hydrogen-bond donors (Lipinski definition) is 2. The fourth-order valence-electron chi connectivity index (χ4n) is 3.26. The zero-order valence-corrected chi connectivity index (χ0v) is 17.3. The third-order valence-corrected chi connectivity index (χ3v) is 5.29. The fraction of sp³-hybridized carbons (Fsp3) is 0.273. The van der Waals surface area contributed by atoms with Crippen LogP contribution >= 0.6 is 11.6 Å². The standard InChI is InChI=1S/C22H20ClN5O3/c23-14-1-3-15(4-2-14)25-20-17-8-10-30-19(17)22(28-27-20)31-12-13-7-9-24-18(11-13)21(29)26-16-5-6-16/h1-4,7-9,11,16,19H,5-6,10,12H2,(H,25,27)(H,26,29). The van der Waals surface area contributed by atoms with Gasteiger partial charge in [-0.1, -0.05) is 11.6 Å². The maximum atomic E-state index is 12.2. The summed E-state index contributed by atoms with van der Waals surface area (Å²) < 4.78 is 11.7. The molecule has 1 aromatic carbocycles. The summed E-state index contributed by atoms with van der Waals surface area (Å²) in [6.07, 6.45) is 5.20. The van der Waals surface area contributed by atoms with Gasteiger partial charge >= 0.3 is 0 Å². The molecule has 2 aliphatic heterocycles. The average Bonchev–Trinajstić information content (AvgIpc) is 3.46. The molecule has 3 heterocycles. The highest BCUT2D eigenvalue weighted by Crippen LogP contribution is 2.25. The number of nitrogens with one attached hydrogen (secondary N) is 2. The molecule has 0 radical (unpaired) electrons. The number of halogens is 1. The van der Waals surface area contributed by atoms with E-state index in [1.807, 2.05) is 24.3 Å². The molecule has 1 atom stereocenters. The molecule has 5 rings (SSSR count). The zero-order valence-electron chi connectivity index (χ0n) is 16.5. The van der Waals surface area contributed by atoms with E-state index in [9.17, 15) is 4.79 Å². The van der Waals surface area contributed by atoms with Crippen LogP contribution in [0.25, 0.3) is 0 Å². The van der Waals surface area contributed by atoms with E-state index < -0.39 is 6.10 Å². The van der Waals surface area contributed by atoms with Gasteiger partial charge in [0.25, 0.3) is 5.91 Å². The summed E-state index contributed by atoms with van der Waals surface area (Å²) in [5.74, 6) is 0.869. The number of pyridine rings is 1. The number of aromatic nitrogens is 1. The van der Waals surface area contributed by atoms with Crippen molar-refractivity contribution in [2.24, 2.45) is 10.1 Å². The monoisotopic (exact) mass is 437 g/mol. The summed E-state index contributed by atoms with van der Waals surface area (Å²) in [4.78, 5) is 21.0. The number of carbonyl (C=O) groups is 1. The maximum absolute atomic E-state index is 12.2. The first-order valence-corrected chi connectivity index (χ1v) is 10.4. The SMILES string of the molecule is O=C(NC1CC1)c1cc(COC2=NNC(=Nc3ccc(Cl)cc3)C3=CCOC32)ccn1. The Balaban J connectivity index is 1.27. The number of aliphatic imine (C=N–C) groups is 1. The molecule has 8 nitrogen and oxygen atoms in total. The second kappa shape index (κ2) is 8.49. The lowest BCUT2D eigenvalue weighted by atomic mass is 10.1. The molecule has 2 aromatic rings. The van der Waals surface area contributed by atoms with Crippen LogP contribution in [0, 0.1) is 0 Å². The smallest absolute Gasteiger partial charge is 0.270 e. The van der Waals surface area contributed by atoms with Crippen LogP contribution < -0.4 is 10.7 Å². The predicted octanol–water partition coefficient (Wildman–Crippen LogP) is 3.12. The molecular formula is C22H20ClN5O3. The van der Waals surface area contributed by atoms with Gasteiger partial charge in [-0.25, -0.2) is 4.99 Å². The molecule has 9 heteroatoms. The van der Waals surface area contributed by atoms with Crippen molar-refractivity contribution in [2.45, 2.75) is 31.6 Å².